The van der Waals surface area contributed by atoms with E-state index in [-0.39, 0.29) is 25.5 Å². The summed E-state index contributed by atoms with van der Waals surface area (Å²) in [6.07, 6.45) is 0.664. The van der Waals surface area contributed by atoms with Crippen molar-refractivity contribution >= 4 is 21.6 Å². The molecule has 2 aliphatic heterocycles. The Morgan fingerprint density at radius 3 is 2.32 bits per heavy atom. The summed E-state index contributed by atoms with van der Waals surface area (Å²) < 4.78 is 36.0. The molecule has 2 aliphatic rings. The van der Waals surface area contributed by atoms with E-state index in [1.165, 1.54) is 10.6 Å². The van der Waals surface area contributed by atoms with Gasteiger partial charge in [0, 0.05) is 32.0 Å². The van der Waals surface area contributed by atoms with Gasteiger partial charge in [0.1, 0.15) is 5.41 Å². The highest BCUT2D eigenvalue weighted by Gasteiger charge is 2.60. The first-order chi connectivity index (χ1) is 11.8. The van der Waals surface area contributed by atoms with Crippen molar-refractivity contribution in [3.63, 3.8) is 0 Å². The third-order valence-electron chi connectivity index (χ3n) is 4.76. The summed E-state index contributed by atoms with van der Waals surface area (Å²) in [7, 11) is -3.30. The van der Waals surface area contributed by atoms with Crippen molar-refractivity contribution in [1.82, 2.24) is 4.31 Å². The molecule has 138 valence electrons. The van der Waals surface area contributed by atoms with Crippen LogP contribution in [0, 0.1) is 0 Å². The van der Waals surface area contributed by atoms with Gasteiger partial charge in [-0.05, 0) is 25.5 Å². The van der Waals surface area contributed by atoms with Crippen LogP contribution < -0.4 is 4.90 Å². The van der Waals surface area contributed by atoms with Gasteiger partial charge in [-0.15, -0.1) is 0 Å². The van der Waals surface area contributed by atoms with Crippen molar-refractivity contribution in [3.8, 4) is 0 Å². The fourth-order valence-electron chi connectivity index (χ4n) is 3.55. The second-order valence-electron chi connectivity index (χ2n) is 6.39. The van der Waals surface area contributed by atoms with Gasteiger partial charge in [0.15, 0.2) is 6.29 Å². The monoisotopic (exact) mass is 368 g/mol. The summed E-state index contributed by atoms with van der Waals surface area (Å²) in [6, 6.07) is 7.55. The Bertz CT molecular complexity index is 752. The highest BCUT2D eigenvalue weighted by atomic mass is 32.2. The highest BCUT2D eigenvalue weighted by molar-refractivity contribution is 7.88. The van der Waals surface area contributed by atoms with Crippen molar-refractivity contribution in [1.29, 1.82) is 0 Å². The lowest BCUT2D eigenvalue weighted by molar-refractivity contribution is -0.138. The molecule has 0 N–H and O–H groups in total. The normalized spacial score (nSPS) is 19.5. The molecule has 0 aromatic heterocycles. The number of sulfonamides is 1. The smallest absolute Gasteiger partial charge is 0.240 e. The van der Waals surface area contributed by atoms with E-state index in [4.69, 9.17) is 9.47 Å². The van der Waals surface area contributed by atoms with E-state index in [9.17, 15) is 13.2 Å². The van der Waals surface area contributed by atoms with Gasteiger partial charge in [0.2, 0.25) is 15.9 Å². The molecule has 0 bridgehead atoms. The molecule has 0 unspecified atom stereocenters. The molecule has 1 aromatic carbocycles. The molecule has 1 saturated heterocycles. The van der Waals surface area contributed by atoms with Gasteiger partial charge in [-0.3, -0.25) is 4.79 Å². The molecule has 1 fully saturated rings. The van der Waals surface area contributed by atoms with Gasteiger partial charge < -0.3 is 14.4 Å². The Morgan fingerprint density at radius 2 is 1.76 bits per heavy atom. The summed E-state index contributed by atoms with van der Waals surface area (Å²) in [5.41, 5.74) is 0.902. The van der Waals surface area contributed by atoms with Crippen LogP contribution in [0.25, 0.3) is 0 Å². The number of carbonyl (C=O) groups is 1. The van der Waals surface area contributed by atoms with Crippen molar-refractivity contribution < 1.29 is 22.7 Å². The Balaban J connectivity index is 1.89. The molecular weight excluding hydrogens is 344 g/mol. The molecule has 1 aromatic rings. The van der Waals surface area contributed by atoms with Gasteiger partial charge in [0.25, 0.3) is 0 Å². The zero-order valence-corrected chi connectivity index (χ0v) is 15.6. The lowest BCUT2D eigenvalue weighted by atomic mass is 9.76. The SMILES string of the molecule is CCOC(CN1C(=O)C2(CN(S(C)(=O)=O)C2)c2ccccc21)OCC. The van der Waals surface area contributed by atoms with Gasteiger partial charge in [0.05, 0.1) is 12.8 Å². The number of para-hydroxylation sites is 1. The molecule has 1 spiro atoms. The maximum atomic E-state index is 13.2. The second kappa shape index (κ2) is 6.68. The third kappa shape index (κ3) is 3.08. The molecule has 2 heterocycles. The van der Waals surface area contributed by atoms with Gasteiger partial charge in [-0.1, -0.05) is 18.2 Å². The molecule has 8 heteroatoms. The average Bonchev–Trinajstić information content (AvgIpc) is 2.75. The number of carbonyl (C=O) groups excluding carboxylic acids is 1. The zero-order valence-electron chi connectivity index (χ0n) is 14.8. The van der Waals surface area contributed by atoms with Crippen LogP contribution >= 0.6 is 0 Å². The van der Waals surface area contributed by atoms with Crippen molar-refractivity contribution in [2.75, 3.05) is 44.0 Å². The van der Waals surface area contributed by atoms with Gasteiger partial charge in [-0.2, -0.15) is 4.31 Å². The minimum atomic E-state index is -3.30. The maximum absolute atomic E-state index is 13.2. The van der Waals surface area contributed by atoms with Crippen LogP contribution in [0.3, 0.4) is 0 Å². The van der Waals surface area contributed by atoms with E-state index in [0.717, 1.165) is 11.3 Å². The molecular formula is C17H24N2O5S. The number of nitrogens with zero attached hydrogens (tertiary/aromatic N) is 2. The van der Waals surface area contributed by atoms with Crippen LogP contribution in [0.15, 0.2) is 24.3 Å². The largest absolute Gasteiger partial charge is 0.351 e. The maximum Gasteiger partial charge on any atom is 0.240 e. The third-order valence-corrected chi connectivity index (χ3v) is 5.96. The Hall–Kier alpha value is -1.48. The summed E-state index contributed by atoms with van der Waals surface area (Å²) in [5.74, 6) is -0.0852. The van der Waals surface area contributed by atoms with Crippen LogP contribution in [-0.4, -0.2) is 64.0 Å². The topological polar surface area (TPSA) is 76.2 Å². The lowest BCUT2D eigenvalue weighted by Gasteiger charge is -2.45. The Kier molecular flexibility index (Phi) is 4.89. The minimum absolute atomic E-state index is 0.0852. The van der Waals surface area contributed by atoms with E-state index >= 15 is 0 Å². The van der Waals surface area contributed by atoms with E-state index in [2.05, 4.69) is 0 Å². The van der Waals surface area contributed by atoms with Gasteiger partial charge in [-0.25, -0.2) is 8.42 Å². The number of hydrogen-bond acceptors (Lipinski definition) is 5. The number of anilines is 1. The highest BCUT2D eigenvalue weighted by Crippen LogP contribution is 2.48. The van der Waals surface area contributed by atoms with Gasteiger partial charge >= 0.3 is 0 Å². The summed E-state index contributed by atoms with van der Waals surface area (Å²) in [4.78, 5) is 14.8. The number of amides is 1. The first kappa shape index (κ1) is 18.3. The van der Waals surface area contributed by atoms with E-state index in [1.54, 1.807) is 4.90 Å². The molecule has 3 rings (SSSR count). The molecule has 25 heavy (non-hydrogen) atoms. The fourth-order valence-corrected chi connectivity index (χ4v) is 4.46. The number of ether oxygens (including phenoxy) is 2. The molecule has 0 atom stereocenters. The summed E-state index contributed by atoms with van der Waals surface area (Å²) in [6.45, 7) is 5.39. The number of rotatable bonds is 7. The standard InChI is InChI=1S/C17H24N2O5S/c1-4-23-15(24-5-2)10-19-14-9-7-6-8-13(14)17(16(19)20)11-18(12-17)25(3,21)22/h6-9,15H,4-5,10-12H2,1-3H3. The quantitative estimate of drug-likeness (QED) is 0.670. The van der Waals surface area contributed by atoms with Crippen LogP contribution in [-0.2, 0) is 29.7 Å². The molecule has 7 nitrogen and oxygen atoms in total. The van der Waals surface area contributed by atoms with E-state index < -0.39 is 21.7 Å². The molecule has 0 radical (unpaired) electrons. The van der Waals surface area contributed by atoms with Crippen LogP contribution in [0.4, 0.5) is 5.69 Å². The molecule has 0 saturated carbocycles. The Labute approximate surface area is 148 Å². The fraction of sp³-hybridized carbons (Fsp3) is 0.588. The van der Waals surface area contributed by atoms with Crippen molar-refractivity contribution in [3.05, 3.63) is 29.8 Å². The average molecular weight is 368 g/mol. The lowest BCUT2D eigenvalue weighted by Crippen LogP contribution is -2.65. The summed E-state index contributed by atoms with van der Waals surface area (Å²) in [5, 5.41) is 0. The van der Waals surface area contributed by atoms with Crippen LogP contribution in [0.5, 0.6) is 0 Å². The minimum Gasteiger partial charge on any atom is -0.351 e. The first-order valence-electron chi connectivity index (χ1n) is 8.43. The van der Waals surface area contributed by atoms with Crippen molar-refractivity contribution in [2.24, 2.45) is 0 Å². The van der Waals surface area contributed by atoms with E-state index in [1.807, 2.05) is 38.1 Å². The predicted molar refractivity (Wildman–Crippen MR) is 93.9 cm³/mol. The number of benzene rings is 1. The zero-order chi connectivity index (χ0) is 18.2. The van der Waals surface area contributed by atoms with Crippen LogP contribution in [0.1, 0.15) is 19.4 Å². The Morgan fingerprint density at radius 1 is 1.16 bits per heavy atom. The van der Waals surface area contributed by atoms with Crippen molar-refractivity contribution in [2.45, 2.75) is 25.6 Å². The molecule has 1 amide bonds. The molecule has 0 aliphatic carbocycles. The van der Waals surface area contributed by atoms with E-state index in [0.29, 0.717) is 13.2 Å². The number of fused-ring (bicyclic) bond motifs is 2. The number of hydrogen-bond donors (Lipinski definition) is 0. The summed E-state index contributed by atoms with van der Waals surface area (Å²) >= 11 is 0. The first-order valence-corrected chi connectivity index (χ1v) is 10.3. The van der Waals surface area contributed by atoms with Crippen LogP contribution in [0.2, 0.25) is 0 Å². The second-order valence-corrected chi connectivity index (χ2v) is 8.37. The predicted octanol–water partition coefficient (Wildman–Crippen LogP) is 0.945.